The second kappa shape index (κ2) is 9.61. The highest BCUT2D eigenvalue weighted by Gasteiger charge is 2.10. The molecule has 0 fully saturated rings. The normalized spacial score (nSPS) is 10.3. The summed E-state index contributed by atoms with van der Waals surface area (Å²) in [5.41, 5.74) is 3.19. The van der Waals surface area contributed by atoms with E-state index in [4.69, 9.17) is 4.74 Å². The molecule has 26 heavy (non-hydrogen) atoms. The maximum absolute atomic E-state index is 12.1. The van der Waals surface area contributed by atoms with E-state index in [1.165, 1.54) is 5.56 Å². The second-order valence-corrected chi connectivity index (χ2v) is 6.30. The Hall–Kier alpha value is -2.82. The van der Waals surface area contributed by atoms with Crippen LogP contribution in [-0.2, 0) is 22.6 Å². The Morgan fingerprint density at radius 2 is 1.62 bits per heavy atom. The van der Waals surface area contributed by atoms with E-state index in [-0.39, 0.29) is 11.8 Å². The molecular weight excluding hydrogens is 328 g/mol. The Kier molecular flexibility index (Phi) is 7.21. The molecular formula is C21H26N2O3. The maximum Gasteiger partial charge on any atom is 0.224 e. The number of hydrogen-bond acceptors (Lipinski definition) is 3. The van der Waals surface area contributed by atoms with Gasteiger partial charge in [0.1, 0.15) is 5.75 Å². The Morgan fingerprint density at radius 3 is 2.19 bits per heavy atom. The molecule has 1 N–H and O–H groups in total. The number of nitrogens with one attached hydrogen (secondary N) is 1. The fourth-order valence-electron chi connectivity index (χ4n) is 2.58. The zero-order valence-corrected chi connectivity index (χ0v) is 15.6. The summed E-state index contributed by atoms with van der Waals surface area (Å²) >= 11 is 0. The van der Waals surface area contributed by atoms with Crippen LogP contribution in [0.5, 0.6) is 5.75 Å². The lowest BCUT2D eigenvalue weighted by Gasteiger charge is -2.21. The topological polar surface area (TPSA) is 58.6 Å². The van der Waals surface area contributed by atoms with Gasteiger partial charge in [0.15, 0.2) is 0 Å². The highest BCUT2D eigenvalue weighted by molar-refractivity contribution is 5.78. The van der Waals surface area contributed by atoms with Gasteiger partial charge in [0.2, 0.25) is 11.8 Å². The van der Waals surface area contributed by atoms with Crippen molar-refractivity contribution in [2.24, 2.45) is 0 Å². The molecule has 0 aliphatic carbocycles. The number of carbonyl (C=O) groups excluding carboxylic acids is 2. The summed E-state index contributed by atoms with van der Waals surface area (Å²) in [7, 11) is 1.61. The molecule has 138 valence electrons. The number of methoxy groups -OCH3 is 1. The number of amides is 2. The fourth-order valence-corrected chi connectivity index (χ4v) is 2.58. The third kappa shape index (κ3) is 6.24. The van der Waals surface area contributed by atoms with Crippen LogP contribution in [0, 0.1) is 6.92 Å². The number of hydrogen-bond donors (Lipinski definition) is 1. The summed E-state index contributed by atoms with van der Waals surface area (Å²) in [5, 5.41) is 2.88. The molecule has 0 aliphatic rings. The third-order valence-corrected chi connectivity index (χ3v) is 4.17. The van der Waals surface area contributed by atoms with Gasteiger partial charge in [0.05, 0.1) is 13.5 Å². The molecule has 0 saturated heterocycles. The average Bonchev–Trinajstić information content (AvgIpc) is 2.63. The van der Waals surface area contributed by atoms with Crippen molar-refractivity contribution in [2.75, 3.05) is 20.2 Å². The van der Waals surface area contributed by atoms with E-state index in [0.29, 0.717) is 26.1 Å². The first-order valence-electron chi connectivity index (χ1n) is 8.68. The largest absolute Gasteiger partial charge is 0.497 e. The zero-order valence-electron chi connectivity index (χ0n) is 15.6. The standard InChI is InChI=1S/C21H26N2O3/c1-16-4-6-19(7-5-16)15-23(17(2)24)13-12-22-21(25)14-18-8-10-20(26-3)11-9-18/h4-11H,12-15H2,1-3H3,(H,22,25). The molecule has 0 radical (unpaired) electrons. The number of benzene rings is 2. The van der Waals surface area contributed by atoms with Crippen LogP contribution in [0.15, 0.2) is 48.5 Å². The molecule has 0 heterocycles. The molecule has 2 amide bonds. The predicted molar refractivity (Wildman–Crippen MR) is 102 cm³/mol. The lowest BCUT2D eigenvalue weighted by atomic mass is 10.1. The van der Waals surface area contributed by atoms with Gasteiger partial charge in [-0.2, -0.15) is 0 Å². The van der Waals surface area contributed by atoms with Crippen LogP contribution in [-0.4, -0.2) is 36.9 Å². The lowest BCUT2D eigenvalue weighted by molar-refractivity contribution is -0.130. The van der Waals surface area contributed by atoms with Crippen LogP contribution in [0.25, 0.3) is 0 Å². The summed E-state index contributed by atoms with van der Waals surface area (Å²) in [5.74, 6) is 0.700. The number of carbonyl (C=O) groups is 2. The van der Waals surface area contributed by atoms with Crippen LogP contribution >= 0.6 is 0 Å². The van der Waals surface area contributed by atoms with Gasteiger partial charge >= 0.3 is 0 Å². The van der Waals surface area contributed by atoms with E-state index in [0.717, 1.165) is 16.9 Å². The van der Waals surface area contributed by atoms with Crippen molar-refractivity contribution in [3.8, 4) is 5.75 Å². The number of rotatable bonds is 8. The Bertz CT molecular complexity index is 724. The number of aryl methyl sites for hydroxylation is 1. The van der Waals surface area contributed by atoms with Crippen molar-refractivity contribution < 1.29 is 14.3 Å². The molecule has 0 spiro atoms. The van der Waals surface area contributed by atoms with Crippen molar-refractivity contribution in [3.63, 3.8) is 0 Å². The van der Waals surface area contributed by atoms with Gasteiger partial charge in [-0.1, -0.05) is 42.0 Å². The van der Waals surface area contributed by atoms with Crippen molar-refractivity contribution in [3.05, 3.63) is 65.2 Å². The zero-order chi connectivity index (χ0) is 18.9. The minimum absolute atomic E-state index is 0.00465. The van der Waals surface area contributed by atoms with Gasteiger partial charge < -0.3 is 15.0 Å². The van der Waals surface area contributed by atoms with E-state index in [2.05, 4.69) is 5.32 Å². The highest BCUT2D eigenvalue weighted by atomic mass is 16.5. The maximum atomic E-state index is 12.1. The SMILES string of the molecule is COc1ccc(CC(=O)NCCN(Cc2ccc(C)cc2)C(C)=O)cc1. The van der Waals surface area contributed by atoms with E-state index in [1.54, 1.807) is 18.9 Å². The number of ether oxygens (including phenoxy) is 1. The second-order valence-electron chi connectivity index (χ2n) is 6.30. The van der Waals surface area contributed by atoms with E-state index < -0.39 is 0 Å². The van der Waals surface area contributed by atoms with Gasteiger partial charge in [-0.25, -0.2) is 0 Å². The van der Waals surface area contributed by atoms with Crippen LogP contribution in [0.1, 0.15) is 23.6 Å². The smallest absolute Gasteiger partial charge is 0.224 e. The summed E-state index contributed by atoms with van der Waals surface area (Å²) < 4.78 is 5.11. The summed E-state index contributed by atoms with van der Waals surface area (Å²) in [4.78, 5) is 25.6. The van der Waals surface area contributed by atoms with Crippen molar-refractivity contribution in [1.82, 2.24) is 10.2 Å². The van der Waals surface area contributed by atoms with Gasteiger partial charge in [-0.05, 0) is 30.2 Å². The van der Waals surface area contributed by atoms with Gasteiger partial charge in [0.25, 0.3) is 0 Å². The van der Waals surface area contributed by atoms with Crippen LogP contribution in [0.4, 0.5) is 0 Å². The highest BCUT2D eigenvalue weighted by Crippen LogP contribution is 2.11. The van der Waals surface area contributed by atoms with E-state index >= 15 is 0 Å². The predicted octanol–water partition coefficient (Wildman–Crippen LogP) is 2.71. The molecule has 2 aromatic rings. The molecule has 0 bridgehead atoms. The molecule has 0 atom stereocenters. The molecule has 0 aliphatic heterocycles. The van der Waals surface area contributed by atoms with Gasteiger partial charge in [-0.3, -0.25) is 9.59 Å². The van der Waals surface area contributed by atoms with Crippen LogP contribution in [0.3, 0.4) is 0 Å². The summed E-state index contributed by atoms with van der Waals surface area (Å²) in [6.45, 7) is 5.04. The van der Waals surface area contributed by atoms with Crippen molar-refractivity contribution >= 4 is 11.8 Å². The van der Waals surface area contributed by atoms with Gasteiger partial charge in [0, 0.05) is 26.6 Å². The quantitative estimate of drug-likeness (QED) is 0.793. The fraction of sp³-hybridized carbons (Fsp3) is 0.333. The van der Waals surface area contributed by atoms with Crippen LogP contribution in [0.2, 0.25) is 0 Å². The summed E-state index contributed by atoms with van der Waals surface area (Å²) in [6, 6.07) is 15.5. The Morgan fingerprint density at radius 1 is 1.00 bits per heavy atom. The Labute approximate surface area is 155 Å². The van der Waals surface area contributed by atoms with Crippen LogP contribution < -0.4 is 10.1 Å². The van der Waals surface area contributed by atoms with Gasteiger partial charge in [-0.15, -0.1) is 0 Å². The third-order valence-electron chi connectivity index (χ3n) is 4.17. The lowest BCUT2D eigenvalue weighted by Crippen LogP contribution is -2.37. The van der Waals surface area contributed by atoms with Crippen molar-refractivity contribution in [1.29, 1.82) is 0 Å². The monoisotopic (exact) mass is 354 g/mol. The average molecular weight is 354 g/mol. The minimum Gasteiger partial charge on any atom is -0.497 e. The number of nitrogens with zero attached hydrogens (tertiary/aromatic N) is 1. The Balaban J connectivity index is 1.80. The molecule has 0 saturated carbocycles. The van der Waals surface area contributed by atoms with Crippen molar-refractivity contribution in [2.45, 2.75) is 26.8 Å². The first-order valence-corrected chi connectivity index (χ1v) is 8.68. The van der Waals surface area contributed by atoms with E-state index in [9.17, 15) is 9.59 Å². The molecule has 5 heteroatoms. The molecule has 2 rings (SSSR count). The molecule has 0 aromatic heterocycles. The molecule has 5 nitrogen and oxygen atoms in total. The first-order chi connectivity index (χ1) is 12.5. The molecule has 0 unspecified atom stereocenters. The summed E-state index contributed by atoms with van der Waals surface area (Å²) in [6.07, 6.45) is 0.308. The molecule has 2 aromatic carbocycles. The minimum atomic E-state index is -0.0611. The van der Waals surface area contributed by atoms with E-state index in [1.807, 2.05) is 55.5 Å². The first kappa shape index (κ1) is 19.5.